The standard InChI is InChI=1S/C10H14FNO.ClH/c1-6-5-8(11)3-4-9(6)10(12)7(2)13;/h3-5,7,10,13H,12H2,1-2H3;1H/t7-,10-;/m0./s1. The van der Waals surface area contributed by atoms with Crippen LogP contribution in [0.3, 0.4) is 0 Å². The number of aliphatic hydroxyl groups is 1. The highest BCUT2D eigenvalue weighted by molar-refractivity contribution is 5.85. The summed E-state index contributed by atoms with van der Waals surface area (Å²) in [5.74, 6) is -0.279. The summed E-state index contributed by atoms with van der Waals surface area (Å²) in [6.45, 7) is 3.40. The zero-order valence-electron chi connectivity index (χ0n) is 8.20. The number of rotatable bonds is 2. The van der Waals surface area contributed by atoms with Crippen LogP contribution in [-0.4, -0.2) is 11.2 Å². The molecule has 4 heteroatoms. The van der Waals surface area contributed by atoms with Gasteiger partial charge in [0, 0.05) is 0 Å². The quantitative estimate of drug-likeness (QED) is 0.799. The summed E-state index contributed by atoms with van der Waals surface area (Å²) in [4.78, 5) is 0. The Bertz CT molecular complexity index is 304. The minimum Gasteiger partial charge on any atom is -0.391 e. The molecule has 14 heavy (non-hydrogen) atoms. The lowest BCUT2D eigenvalue weighted by atomic mass is 9.98. The molecule has 2 nitrogen and oxygen atoms in total. The van der Waals surface area contributed by atoms with Crippen LogP contribution in [-0.2, 0) is 0 Å². The first kappa shape index (κ1) is 13.4. The van der Waals surface area contributed by atoms with Crippen molar-refractivity contribution in [3.63, 3.8) is 0 Å². The van der Waals surface area contributed by atoms with E-state index in [1.54, 1.807) is 19.9 Å². The predicted octanol–water partition coefficient (Wildman–Crippen LogP) is 1.94. The van der Waals surface area contributed by atoms with E-state index in [0.29, 0.717) is 0 Å². The second-order valence-electron chi connectivity index (χ2n) is 3.27. The fraction of sp³-hybridized carbons (Fsp3) is 0.400. The smallest absolute Gasteiger partial charge is 0.123 e. The van der Waals surface area contributed by atoms with Gasteiger partial charge in [-0.25, -0.2) is 4.39 Å². The van der Waals surface area contributed by atoms with Gasteiger partial charge in [0.05, 0.1) is 12.1 Å². The Hall–Kier alpha value is -0.640. The lowest BCUT2D eigenvalue weighted by molar-refractivity contribution is 0.164. The molecule has 1 aromatic carbocycles. The molecule has 0 fully saturated rings. The molecule has 0 bridgehead atoms. The van der Waals surface area contributed by atoms with Gasteiger partial charge in [0.25, 0.3) is 0 Å². The minimum absolute atomic E-state index is 0. The molecule has 0 aromatic heterocycles. The van der Waals surface area contributed by atoms with Crippen molar-refractivity contribution < 1.29 is 9.50 Å². The van der Waals surface area contributed by atoms with Gasteiger partial charge in [0.2, 0.25) is 0 Å². The number of benzene rings is 1. The van der Waals surface area contributed by atoms with Crippen molar-refractivity contribution in [2.24, 2.45) is 5.73 Å². The third-order valence-electron chi connectivity index (χ3n) is 2.11. The van der Waals surface area contributed by atoms with Crippen molar-refractivity contribution in [3.05, 3.63) is 35.1 Å². The van der Waals surface area contributed by atoms with E-state index in [-0.39, 0.29) is 18.2 Å². The fourth-order valence-corrected chi connectivity index (χ4v) is 1.27. The Kier molecular flexibility index (Phi) is 5.05. The number of hydrogen-bond donors (Lipinski definition) is 2. The average Bonchev–Trinajstić information content (AvgIpc) is 2.03. The van der Waals surface area contributed by atoms with Crippen LogP contribution in [0.15, 0.2) is 18.2 Å². The van der Waals surface area contributed by atoms with Crippen LogP contribution in [0, 0.1) is 12.7 Å². The maximum absolute atomic E-state index is 12.7. The van der Waals surface area contributed by atoms with E-state index < -0.39 is 12.1 Å². The van der Waals surface area contributed by atoms with Crippen molar-refractivity contribution in [1.29, 1.82) is 0 Å². The van der Waals surface area contributed by atoms with Crippen molar-refractivity contribution >= 4 is 12.4 Å². The van der Waals surface area contributed by atoms with Gasteiger partial charge in [-0.05, 0) is 37.1 Å². The first-order valence-corrected chi connectivity index (χ1v) is 4.22. The van der Waals surface area contributed by atoms with E-state index in [9.17, 15) is 9.50 Å². The topological polar surface area (TPSA) is 46.2 Å². The lowest BCUT2D eigenvalue weighted by Crippen LogP contribution is -2.23. The van der Waals surface area contributed by atoms with Crippen LogP contribution < -0.4 is 5.73 Å². The molecule has 0 aliphatic rings. The van der Waals surface area contributed by atoms with Crippen LogP contribution >= 0.6 is 12.4 Å². The van der Waals surface area contributed by atoms with E-state index in [2.05, 4.69) is 0 Å². The Labute approximate surface area is 89.3 Å². The Morgan fingerprint density at radius 2 is 2.00 bits per heavy atom. The van der Waals surface area contributed by atoms with Crippen molar-refractivity contribution in [2.75, 3.05) is 0 Å². The van der Waals surface area contributed by atoms with Crippen molar-refractivity contribution in [2.45, 2.75) is 26.0 Å². The van der Waals surface area contributed by atoms with Gasteiger partial charge >= 0.3 is 0 Å². The number of aliphatic hydroxyl groups excluding tert-OH is 1. The highest BCUT2D eigenvalue weighted by Gasteiger charge is 2.14. The fourth-order valence-electron chi connectivity index (χ4n) is 1.27. The Morgan fingerprint density at radius 3 is 2.43 bits per heavy atom. The summed E-state index contributed by atoms with van der Waals surface area (Å²) in [7, 11) is 0. The maximum atomic E-state index is 12.7. The third kappa shape index (κ3) is 2.94. The molecule has 0 saturated carbocycles. The SMILES string of the molecule is Cc1cc(F)ccc1[C@@H](N)[C@H](C)O.Cl. The lowest BCUT2D eigenvalue weighted by Gasteiger charge is -2.17. The van der Waals surface area contributed by atoms with Gasteiger partial charge in [-0.15, -0.1) is 12.4 Å². The number of hydrogen-bond acceptors (Lipinski definition) is 2. The normalized spacial score (nSPS) is 14.4. The number of aryl methyl sites for hydroxylation is 1. The average molecular weight is 220 g/mol. The molecule has 1 rings (SSSR count). The zero-order chi connectivity index (χ0) is 10.0. The highest BCUT2D eigenvalue weighted by Crippen LogP contribution is 2.19. The van der Waals surface area contributed by atoms with Crippen LogP contribution in [0.2, 0.25) is 0 Å². The van der Waals surface area contributed by atoms with E-state index >= 15 is 0 Å². The zero-order valence-corrected chi connectivity index (χ0v) is 9.01. The van der Waals surface area contributed by atoms with Gasteiger partial charge in [-0.1, -0.05) is 6.07 Å². The third-order valence-corrected chi connectivity index (χ3v) is 2.11. The molecule has 80 valence electrons. The monoisotopic (exact) mass is 219 g/mol. The van der Waals surface area contributed by atoms with Gasteiger partial charge in [-0.2, -0.15) is 0 Å². The second kappa shape index (κ2) is 5.29. The van der Waals surface area contributed by atoms with Crippen LogP contribution in [0.4, 0.5) is 4.39 Å². The van der Waals surface area contributed by atoms with E-state index in [0.717, 1.165) is 11.1 Å². The van der Waals surface area contributed by atoms with Gasteiger partial charge in [0.1, 0.15) is 5.82 Å². The summed E-state index contributed by atoms with van der Waals surface area (Å²) in [5.41, 5.74) is 7.28. The van der Waals surface area contributed by atoms with Crippen molar-refractivity contribution in [3.8, 4) is 0 Å². The minimum atomic E-state index is -0.621. The largest absolute Gasteiger partial charge is 0.391 e. The predicted molar refractivity (Wildman–Crippen MR) is 57.0 cm³/mol. The van der Waals surface area contributed by atoms with Gasteiger partial charge < -0.3 is 10.8 Å². The molecule has 0 heterocycles. The molecule has 3 N–H and O–H groups in total. The number of nitrogens with two attached hydrogens (primary N) is 1. The molecular weight excluding hydrogens is 205 g/mol. The van der Waals surface area contributed by atoms with E-state index in [4.69, 9.17) is 5.73 Å². The molecular formula is C10H15ClFNO. The maximum Gasteiger partial charge on any atom is 0.123 e. The molecule has 0 unspecified atom stereocenters. The van der Waals surface area contributed by atoms with Crippen LogP contribution in [0.5, 0.6) is 0 Å². The molecule has 0 radical (unpaired) electrons. The summed E-state index contributed by atoms with van der Waals surface area (Å²) < 4.78 is 12.7. The van der Waals surface area contributed by atoms with Crippen molar-refractivity contribution in [1.82, 2.24) is 0 Å². The second-order valence-corrected chi connectivity index (χ2v) is 3.27. The van der Waals surface area contributed by atoms with Crippen LogP contribution in [0.1, 0.15) is 24.1 Å². The van der Waals surface area contributed by atoms with Gasteiger partial charge in [0.15, 0.2) is 0 Å². The molecule has 2 atom stereocenters. The summed E-state index contributed by atoms with van der Waals surface area (Å²) in [5, 5.41) is 9.25. The molecule has 1 aromatic rings. The summed E-state index contributed by atoms with van der Waals surface area (Å²) in [6.07, 6.45) is -0.621. The summed E-state index contributed by atoms with van der Waals surface area (Å²) in [6, 6.07) is 3.94. The molecule has 0 aliphatic carbocycles. The van der Waals surface area contributed by atoms with Gasteiger partial charge in [-0.3, -0.25) is 0 Å². The van der Waals surface area contributed by atoms with E-state index in [1.165, 1.54) is 12.1 Å². The molecule has 0 amide bonds. The van der Waals surface area contributed by atoms with E-state index in [1.807, 2.05) is 0 Å². The molecule has 0 saturated heterocycles. The molecule has 0 spiro atoms. The molecule has 0 aliphatic heterocycles. The summed E-state index contributed by atoms with van der Waals surface area (Å²) >= 11 is 0. The Balaban J connectivity index is 0.00000169. The highest BCUT2D eigenvalue weighted by atomic mass is 35.5. The first-order chi connectivity index (χ1) is 6.02. The first-order valence-electron chi connectivity index (χ1n) is 4.22. The number of halogens is 2. The Morgan fingerprint density at radius 1 is 1.43 bits per heavy atom. The van der Waals surface area contributed by atoms with Crippen LogP contribution in [0.25, 0.3) is 0 Å².